The van der Waals surface area contributed by atoms with Crippen molar-refractivity contribution in [2.45, 2.75) is 18.2 Å². The molecule has 2 aromatic carbocycles. The van der Waals surface area contributed by atoms with E-state index < -0.39 is 0 Å². The van der Waals surface area contributed by atoms with E-state index in [2.05, 4.69) is 21.2 Å². The molecule has 132 valence electrons. The summed E-state index contributed by atoms with van der Waals surface area (Å²) in [6.45, 7) is 1.71. The Morgan fingerprint density at radius 3 is 2.48 bits per heavy atom. The van der Waals surface area contributed by atoms with Crippen LogP contribution in [0.5, 0.6) is 5.75 Å². The Labute approximate surface area is 164 Å². The number of Topliss-reactive ketones (excluding diaryl/α,β-unsaturated/α-hetero) is 1. The Hall–Kier alpha value is -1.56. The van der Waals surface area contributed by atoms with Crippen molar-refractivity contribution in [2.75, 3.05) is 12.4 Å². The smallest absolute Gasteiger partial charge is 0.237 e. The van der Waals surface area contributed by atoms with Gasteiger partial charge in [-0.15, -0.1) is 0 Å². The summed E-state index contributed by atoms with van der Waals surface area (Å²) >= 11 is 15.1. The topological polar surface area (TPSA) is 55.4 Å². The van der Waals surface area contributed by atoms with Gasteiger partial charge in [0.05, 0.1) is 27.7 Å². The molecule has 2 aromatic rings. The van der Waals surface area contributed by atoms with Gasteiger partial charge in [-0.25, -0.2) is 0 Å². The van der Waals surface area contributed by atoms with Crippen LogP contribution in [0.15, 0.2) is 36.4 Å². The van der Waals surface area contributed by atoms with Crippen molar-refractivity contribution in [1.82, 2.24) is 0 Å². The molecule has 2 rings (SSSR count). The summed E-state index contributed by atoms with van der Waals surface area (Å²) < 4.78 is 5.23. The summed E-state index contributed by atoms with van der Waals surface area (Å²) in [5, 5.41) is 3.58. The number of nitrogens with one attached hydrogen (secondary N) is 1. The normalized spacial score (nSPS) is 11.7. The Balaban J connectivity index is 2.24. The predicted molar refractivity (Wildman–Crippen MR) is 105 cm³/mol. The Morgan fingerprint density at radius 1 is 1.16 bits per heavy atom. The fraction of sp³-hybridized carbons (Fsp3) is 0.222. The first kappa shape index (κ1) is 19.8. The average molecular weight is 445 g/mol. The zero-order chi connectivity index (χ0) is 18.6. The number of amides is 1. The summed E-state index contributed by atoms with van der Waals surface area (Å²) in [5.74, 6) is 0.142. The number of hydrogen-bond acceptors (Lipinski definition) is 3. The Bertz CT molecular complexity index is 809. The number of carbonyl (C=O) groups is 2. The number of alkyl halides is 1. The molecule has 1 amide bonds. The average Bonchev–Trinajstić information content (AvgIpc) is 2.58. The standard InChI is InChI=1S/C18H16BrCl2NO3/c1-10(19)18(24)22-15-9-12(4-6-17(15)25-2)16(23)8-11-3-5-13(20)14(21)7-11/h3-7,9-10H,8H2,1-2H3,(H,22,24). The van der Waals surface area contributed by atoms with Crippen LogP contribution >= 0.6 is 39.1 Å². The quantitative estimate of drug-likeness (QED) is 0.495. The number of benzene rings is 2. The number of carbonyl (C=O) groups excluding carboxylic acids is 2. The minimum absolute atomic E-state index is 0.108. The summed E-state index contributed by atoms with van der Waals surface area (Å²) in [4.78, 5) is 24.1. The van der Waals surface area contributed by atoms with E-state index in [9.17, 15) is 9.59 Å². The molecule has 0 saturated heterocycles. The molecule has 0 bridgehead atoms. The largest absolute Gasteiger partial charge is 0.495 e. The molecule has 4 nitrogen and oxygen atoms in total. The van der Waals surface area contributed by atoms with Crippen LogP contribution in [0.2, 0.25) is 10.0 Å². The van der Waals surface area contributed by atoms with E-state index in [0.717, 1.165) is 5.56 Å². The maximum absolute atomic E-state index is 12.5. The fourth-order valence-electron chi connectivity index (χ4n) is 2.15. The molecule has 0 spiro atoms. The number of ether oxygens (including phenoxy) is 1. The van der Waals surface area contributed by atoms with Crippen molar-refractivity contribution in [3.8, 4) is 5.75 Å². The van der Waals surface area contributed by atoms with Gasteiger partial charge in [-0.1, -0.05) is 45.2 Å². The van der Waals surface area contributed by atoms with Crippen LogP contribution in [0.4, 0.5) is 5.69 Å². The molecular formula is C18H16BrCl2NO3. The van der Waals surface area contributed by atoms with Gasteiger partial charge in [0, 0.05) is 12.0 Å². The fourth-order valence-corrected chi connectivity index (χ4v) is 2.58. The van der Waals surface area contributed by atoms with Crippen molar-refractivity contribution in [3.63, 3.8) is 0 Å². The lowest BCUT2D eigenvalue weighted by molar-refractivity contribution is -0.115. The van der Waals surface area contributed by atoms with Crippen LogP contribution < -0.4 is 10.1 Å². The van der Waals surface area contributed by atoms with Gasteiger partial charge in [-0.3, -0.25) is 9.59 Å². The zero-order valence-corrected chi connectivity index (χ0v) is 16.7. The van der Waals surface area contributed by atoms with Gasteiger partial charge < -0.3 is 10.1 Å². The summed E-state index contributed by atoms with van der Waals surface area (Å²) in [6.07, 6.45) is 0.172. The molecule has 0 aliphatic heterocycles. The first-order valence-corrected chi connectivity index (χ1v) is 9.09. The van der Waals surface area contributed by atoms with Crippen LogP contribution in [-0.2, 0) is 11.2 Å². The van der Waals surface area contributed by atoms with Crippen LogP contribution in [0.1, 0.15) is 22.8 Å². The van der Waals surface area contributed by atoms with E-state index in [0.29, 0.717) is 27.0 Å². The molecule has 0 aliphatic carbocycles. The summed E-state index contributed by atoms with van der Waals surface area (Å²) in [5.41, 5.74) is 1.66. The number of ketones is 1. The van der Waals surface area contributed by atoms with Crippen molar-refractivity contribution in [1.29, 1.82) is 0 Å². The van der Waals surface area contributed by atoms with Crippen molar-refractivity contribution < 1.29 is 14.3 Å². The number of methoxy groups -OCH3 is 1. The SMILES string of the molecule is COc1ccc(C(=O)Cc2ccc(Cl)c(Cl)c2)cc1NC(=O)C(C)Br. The van der Waals surface area contributed by atoms with E-state index in [4.69, 9.17) is 27.9 Å². The van der Waals surface area contributed by atoms with E-state index in [1.807, 2.05) is 0 Å². The van der Waals surface area contributed by atoms with Crippen LogP contribution in [0.3, 0.4) is 0 Å². The minimum atomic E-state index is -0.368. The molecule has 0 aliphatic rings. The monoisotopic (exact) mass is 443 g/mol. The zero-order valence-electron chi connectivity index (χ0n) is 13.6. The molecule has 0 radical (unpaired) electrons. The van der Waals surface area contributed by atoms with Gasteiger partial charge >= 0.3 is 0 Å². The third-order valence-electron chi connectivity index (χ3n) is 3.49. The van der Waals surface area contributed by atoms with E-state index in [1.54, 1.807) is 43.3 Å². The lowest BCUT2D eigenvalue weighted by Crippen LogP contribution is -2.20. The van der Waals surface area contributed by atoms with Crippen LogP contribution in [0, 0.1) is 0 Å². The second-order valence-corrected chi connectivity index (χ2v) is 7.56. The van der Waals surface area contributed by atoms with Gasteiger partial charge in [0.15, 0.2) is 5.78 Å². The highest BCUT2D eigenvalue weighted by atomic mass is 79.9. The van der Waals surface area contributed by atoms with Crippen molar-refractivity contribution >= 4 is 56.5 Å². The summed E-state index contributed by atoms with van der Waals surface area (Å²) in [7, 11) is 1.50. The van der Waals surface area contributed by atoms with E-state index >= 15 is 0 Å². The number of halogens is 3. The van der Waals surface area contributed by atoms with E-state index in [1.165, 1.54) is 7.11 Å². The first-order valence-electron chi connectivity index (χ1n) is 7.42. The molecule has 7 heteroatoms. The molecule has 1 atom stereocenters. The van der Waals surface area contributed by atoms with Gasteiger partial charge in [0.1, 0.15) is 5.75 Å². The van der Waals surface area contributed by atoms with Crippen LogP contribution in [-0.4, -0.2) is 23.6 Å². The second-order valence-electron chi connectivity index (χ2n) is 5.37. The lowest BCUT2D eigenvalue weighted by Gasteiger charge is -2.13. The molecule has 0 aromatic heterocycles. The predicted octanol–water partition coefficient (Wildman–Crippen LogP) is 5.15. The maximum atomic E-state index is 12.5. The van der Waals surface area contributed by atoms with E-state index in [-0.39, 0.29) is 22.9 Å². The molecule has 1 N–H and O–H groups in total. The van der Waals surface area contributed by atoms with Crippen molar-refractivity contribution in [3.05, 3.63) is 57.6 Å². The minimum Gasteiger partial charge on any atom is -0.495 e. The highest BCUT2D eigenvalue weighted by Gasteiger charge is 2.15. The molecular weight excluding hydrogens is 429 g/mol. The third kappa shape index (κ3) is 5.21. The molecule has 0 heterocycles. The molecule has 1 unspecified atom stereocenters. The second kappa shape index (κ2) is 8.70. The number of anilines is 1. The Kier molecular flexibility index (Phi) is 6.87. The first-order chi connectivity index (χ1) is 11.8. The van der Waals surface area contributed by atoms with Gasteiger partial charge in [-0.05, 0) is 42.8 Å². The number of rotatable bonds is 6. The van der Waals surface area contributed by atoms with Crippen molar-refractivity contribution in [2.24, 2.45) is 0 Å². The van der Waals surface area contributed by atoms with Gasteiger partial charge in [0.25, 0.3) is 0 Å². The highest BCUT2D eigenvalue weighted by molar-refractivity contribution is 9.10. The molecule has 0 fully saturated rings. The molecule has 0 saturated carbocycles. The third-order valence-corrected chi connectivity index (χ3v) is 4.64. The summed E-state index contributed by atoms with van der Waals surface area (Å²) in [6, 6.07) is 9.99. The number of hydrogen-bond donors (Lipinski definition) is 1. The van der Waals surface area contributed by atoms with Crippen LogP contribution in [0.25, 0.3) is 0 Å². The Morgan fingerprint density at radius 2 is 1.88 bits per heavy atom. The molecule has 25 heavy (non-hydrogen) atoms. The van der Waals surface area contributed by atoms with Gasteiger partial charge in [0.2, 0.25) is 5.91 Å². The highest BCUT2D eigenvalue weighted by Crippen LogP contribution is 2.27. The lowest BCUT2D eigenvalue weighted by atomic mass is 10.0. The van der Waals surface area contributed by atoms with Gasteiger partial charge in [-0.2, -0.15) is 0 Å². The maximum Gasteiger partial charge on any atom is 0.237 e.